The molecule has 2 unspecified atom stereocenters. The molecule has 0 radical (unpaired) electrons. The fourth-order valence-electron chi connectivity index (χ4n) is 2.50. The number of thioether (sulfide) groups is 1. The molecule has 2 atom stereocenters. The molecular formula is C19H21NO3S. The minimum absolute atomic E-state index is 0.123. The first kappa shape index (κ1) is 16.7. The number of fused-ring (bicyclic) bond motifs is 1. The van der Waals surface area contributed by atoms with Crippen LogP contribution in [0, 0.1) is 0 Å². The first-order valence-electron chi connectivity index (χ1n) is 8.12. The van der Waals surface area contributed by atoms with Crippen LogP contribution in [-0.4, -0.2) is 30.4 Å². The van der Waals surface area contributed by atoms with Crippen LogP contribution >= 0.6 is 11.8 Å². The number of rotatable bonds is 6. The summed E-state index contributed by atoms with van der Waals surface area (Å²) in [4.78, 5) is 13.6. The van der Waals surface area contributed by atoms with Gasteiger partial charge in [0.15, 0.2) is 11.5 Å². The molecule has 24 heavy (non-hydrogen) atoms. The van der Waals surface area contributed by atoms with Crippen LogP contribution in [0.25, 0.3) is 0 Å². The van der Waals surface area contributed by atoms with Crippen molar-refractivity contribution >= 4 is 17.7 Å². The minimum atomic E-state index is -0.610. The lowest BCUT2D eigenvalue weighted by molar-refractivity contribution is -0.133. The van der Waals surface area contributed by atoms with Gasteiger partial charge in [-0.3, -0.25) is 4.79 Å². The summed E-state index contributed by atoms with van der Waals surface area (Å²) in [5.41, 5.74) is 0. The van der Waals surface area contributed by atoms with E-state index in [2.05, 4.69) is 17.4 Å². The molecule has 126 valence electrons. The zero-order chi connectivity index (χ0) is 16.8. The predicted molar refractivity (Wildman–Crippen MR) is 95.7 cm³/mol. The fraction of sp³-hybridized carbons (Fsp3) is 0.316. The molecular weight excluding hydrogens is 322 g/mol. The van der Waals surface area contributed by atoms with Crippen LogP contribution in [0.1, 0.15) is 13.3 Å². The standard InChI is InChI=1S/C19H21NO3S/c1-14-18(23-17-11-6-5-10-16(17)22-14)19(21)20-12-7-13-24-15-8-3-2-4-9-15/h2-6,8-11,14,18H,7,12-13H2,1H3,(H,20,21). The van der Waals surface area contributed by atoms with Crippen molar-refractivity contribution in [1.82, 2.24) is 5.32 Å². The summed E-state index contributed by atoms with van der Waals surface area (Å²) in [5, 5.41) is 2.94. The first-order chi connectivity index (χ1) is 11.7. The van der Waals surface area contributed by atoms with E-state index in [1.807, 2.05) is 49.4 Å². The molecule has 3 rings (SSSR count). The fourth-order valence-corrected chi connectivity index (χ4v) is 3.37. The van der Waals surface area contributed by atoms with Crippen LogP contribution in [0.2, 0.25) is 0 Å². The number of hydrogen-bond donors (Lipinski definition) is 1. The van der Waals surface area contributed by atoms with Crippen LogP contribution in [-0.2, 0) is 4.79 Å². The van der Waals surface area contributed by atoms with Gasteiger partial charge >= 0.3 is 0 Å². The SMILES string of the molecule is CC1Oc2ccccc2OC1C(=O)NCCCSc1ccccc1. The van der Waals surface area contributed by atoms with E-state index in [9.17, 15) is 4.79 Å². The molecule has 1 N–H and O–H groups in total. The lowest BCUT2D eigenvalue weighted by Gasteiger charge is -2.31. The Hall–Kier alpha value is -2.14. The molecule has 0 spiro atoms. The number of hydrogen-bond acceptors (Lipinski definition) is 4. The van der Waals surface area contributed by atoms with Gasteiger partial charge in [-0.2, -0.15) is 0 Å². The Balaban J connectivity index is 1.42. The van der Waals surface area contributed by atoms with Gasteiger partial charge in [0.25, 0.3) is 5.91 Å². The van der Waals surface area contributed by atoms with E-state index in [0.717, 1.165) is 12.2 Å². The number of amides is 1. The maximum atomic E-state index is 12.3. The molecule has 0 aromatic heterocycles. The van der Waals surface area contributed by atoms with Crippen molar-refractivity contribution in [1.29, 1.82) is 0 Å². The first-order valence-corrected chi connectivity index (χ1v) is 9.10. The van der Waals surface area contributed by atoms with Crippen molar-refractivity contribution in [2.75, 3.05) is 12.3 Å². The number of para-hydroxylation sites is 2. The van der Waals surface area contributed by atoms with Gasteiger partial charge in [0.05, 0.1) is 0 Å². The Morgan fingerprint density at radius 1 is 1.04 bits per heavy atom. The zero-order valence-corrected chi connectivity index (χ0v) is 14.4. The summed E-state index contributed by atoms with van der Waals surface area (Å²) in [6.45, 7) is 2.48. The molecule has 0 saturated carbocycles. The van der Waals surface area contributed by atoms with Gasteiger partial charge in [-0.25, -0.2) is 0 Å². The molecule has 4 nitrogen and oxygen atoms in total. The third kappa shape index (κ3) is 4.23. The molecule has 2 aromatic rings. The summed E-state index contributed by atoms with van der Waals surface area (Å²) >= 11 is 1.79. The van der Waals surface area contributed by atoms with Gasteiger partial charge in [-0.1, -0.05) is 30.3 Å². The van der Waals surface area contributed by atoms with Crippen molar-refractivity contribution < 1.29 is 14.3 Å². The number of ether oxygens (including phenoxy) is 2. The van der Waals surface area contributed by atoms with Crippen molar-refractivity contribution in [3.8, 4) is 11.5 Å². The third-order valence-electron chi connectivity index (χ3n) is 3.73. The zero-order valence-electron chi connectivity index (χ0n) is 13.6. The monoisotopic (exact) mass is 343 g/mol. The Morgan fingerprint density at radius 2 is 1.71 bits per heavy atom. The largest absolute Gasteiger partial charge is 0.482 e. The summed E-state index contributed by atoms with van der Waals surface area (Å²) in [6, 6.07) is 17.7. The lowest BCUT2D eigenvalue weighted by Crippen LogP contribution is -2.49. The van der Waals surface area contributed by atoms with E-state index in [4.69, 9.17) is 9.47 Å². The molecule has 0 saturated heterocycles. The number of carbonyl (C=O) groups excluding carboxylic acids is 1. The average molecular weight is 343 g/mol. The Labute approximate surface area is 146 Å². The molecule has 0 fully saturated rings. The topological polar surface area (TPSA) is 47.6 Å². The van der Waals surface area contributed by atoms with E-state index in [1.54, 1.807) is 11.8 Å². The highest BCUT2D eigenvalue weighted by Crippen LogP contribution is 2.33. The van der Waals surface area contributed by atoms with E-state index in [-0.39, 0.29) is 12.0 Å². The highest BCUT2D eigenvalue weighted by Gasteiger charge is 2.33. The van der Waals surface area contributed by atoms with E-state index >= 15 is 0 Å². The van der Waals surface area contributed by atoms with E-state index < -0.39 is 6.10 Å². The molecule has 2 aromatic carbocycles. The van der Waals surface area contributed by atoms with Crippen molar-refractivity contribution in [3.63, 3.8) is 0 Å². The van der Waals surface area contributed by atoms with Crippen LogP contribution in [0.15, 0.2) is 59.5 Å². The Morgan fingerprint density at radius 3 is 2.46 bits per heavy atom. The smallest absolute Gasteiger partial charge is 0.265 e. The molecule has 5 heteroatoms. The van der Waals surface area contributed by atoms with Crippen LogP contribution in [0.3, 0.4) is 0 Å². The van der Waals surface area contributed by atoms with Crippen LogP contribution in [0.5, 0.6) is 11.5 Å². The summed E-state index contributed by atoms with van der Waals surface area (Å²) in [7, 11) is 0. The maximum Gasteiger partial charge on any atom is 0.265 e. The number of carbonyl (C=O) groups is 1. The highest BCUT2D eigenvalue weighted by atomic mass is 32.2. The molecule has 1 aliphatic heterocycles. The second kappa shape index (κ2) is 8.11. The van der Waals surface area contributed by atoms with Crippen LogP contribution in [0.4, 0.5) is 0 Å². The second-order valence-corrected chi connectivity index (χ2v) is 6.78. The summed E-state index contributed by atoms with van der Waals surface area (Å²) in [6.07, 6.45) is -0.00982. The van der Waals surface area contributed by atoms with Gasteiger partial charge in [-0.05, 0) is 43.4 Å². The Kier molecular flexibility index (Phi) is 5.64. The normalized spacial score (nSPS) is 18.9. The second-order valence-electron chi connectivity index (χ2n) is 5.61. The van der Waals surface area contributed by atoms with E-state index in [1.165, 1.54) is 4.90 Å². The molecule has 1 aliphatic rings. The van der Waals surface area contributed by atoms with Crippen LogP contribution < -0.4 is 14.8 Å². The Bertz CT molecular complexity index is 677. The molecule has 0 bridgehead atoms. The third-order valence-corrected chi connectivity index (χ3v) is 4.83. The summed E-state index contributed by atoms with van der Waals surface area (Å²) in [5.74, 6) is 2.15. The van der Waals surface area contributed by atoms with Gasteiger partial charge in [0, 0.05) is 11.4 Å². The number of benzene rings is 2. The predicted octanol–water partition coefficient (Wildman–Crippen LogP) is 3.51. The average Bonchev–Trinajstić information content (AvgIpc) is 2.61. The van der Waals surface area contributed by atoms with Crippen molar-refractivity contribution in [2.45, 2.75) is 30.4 Å². The van der Waals surface area contributed by atoms with Gasteiger partial charge in [0.2, 0.25) is 6.10 Å². The van der Waals surface area contributed by atoms with Gasteiger partial charge in [0.1, 0.15) is 6.10 Å². The van der Waals surface area contributed by atoms with E-state index in [0.29, 0.717) is 18.0 Å². The number of nitrogens with one attached hydrogen (secondary N) is 1. The van der Waals surface area contributed by atoms with Crippen molar-refractivity contribution in [3.05, 3.63) is 54.6 Å². The van der Waals surface area contributed by atoms with Gasteiger partial charge in [-0.15, -0.1) is 11.8 Å². The molecule has 1 heterocycles. The quantitative estimate of drug-likeness (QED) is 0.644. The molecule has 1 amide bonds. The van der Waals surface area contributed by atoms with Gasteiger partial charge < -0.3 is 14.8 Å². The lowest BCUT2D eigenvalue weighted by atomic mass is 10.1. The molecule has 0 aliphatic carbocycles. The minimum Gasteiger partial charge on any atom is -0.482 e. The highest BCUT2D eigenvalue weighted by molar-refractivity contribution is 7.99. The maximum absolute atomic E-state index is 12.3. The summed E-state index contributed by atoms with van der Waals surface area (Å²) < 4.78 is 11.6. The van der Waals surface area contributed by atoms with Crippen molar-refractivity contribution in [2.24, 2.45) is 0 Å².